The summed E-state index contributed by atoms with van der Waals surface area (Å²) < 4.78 is 8.68. The van der Waals surface area contributed by atoms with E-state index in [4.69, 9.17) is 9.84 Å². The number of aromatic nitrogens is 5. The van der Waals surface area contributed by atoms with Crippen LogP contribution in [0, 0.1) is 11.8 Å². The minimum absolute atomic E-state index is 0.0393. The van der Waals surface area contributed by atoms with Gasteiger partial charge in [-0.3, -0.25) is 9.48 Å². The Kier molecular flexibility index (Phi) is 7.04. The molecule has 2 atom stereocenters. The maximum atomic E-state index is 11.8. The molecule has 9 nitrogen and oxygen atoms in total. The SMILES string of the molecule is CCC(Cn1ccc2cnc(Nc3cnn(CC(=O)O[C@H](C)CO)c3)nc21)C(C)C. The van der Waals surface area contributed by atoms with Gasteiger partial charge in [0.05, 0.1) is 18.5 Å². The molecule has 3 rings (SSSR count). The Balaban J connectivity index is 1.70. The zero-order valence-corrected chi connectivity index (χ0v) is 17.9. The molecule has 0 aliphatic carbocycles. The minimum atomic E-state index is -0.537. The van der Waals surface area contributed by atoms with Crippen LogP contribution >= 0.6 is 0 Å². The second kappa shape index (κ2) is 9.71. The third kappa shape index (κ3) is 5.35. The number of hydrogen-bond donors (Lipinski definition) is 2. The van der Waals surface area contributed by atoms with Crippen LogP contribution in [-0.2, 0) is 22.6 Å². The summed E-state index contributed by atoms with van der Waals surface area (Å²) in [7, 11) is 0. The van der Waals surface area contributed by atoms with Crippen LogP contribution in [-0.4, -0.2) is 48.1 Å². The number of nitrogens with zero attached hydrogens (tertiary/aromatic N) is 5. The molecule has 0 amide bonds. The lowest BCUT2D eigenvalue weighted by Gasteiger charge is -2.20. The van der Waals surface area contributed by atoms with Crippen LogP contribution in [0.5, 0.6) is 0 Å². The Morgan fingerprint density at radius 2 is 2.10 bits per heavy atom. The fourth-order valence-corrected chi connectivity index (χ4v) is 3.32. The number of fused-ring (bicyclic) bond motifs is 1. The van der Waals surface area contributed by atoms with Gasteiger partial charge in [-0.15, -0.1) is 0 Å². The molecule has 9 heteroatoms. The summed E-state index contributed by atoms with van der Waals surface area (Å²) in [6.45, 7) is 9.01. The van der Waals surface area contributed by atoms with Crippen LogP contribution in [0.4, 0.5) is 11.6 Å². The first kappa shape index (κ1) is 21.8. The molecular weight excluding hydrogens is 384 g/mol. The number of hydrogen-bond acceptors (Lipinski definition) is 7. The number of esters is 1. The van der Waals surface area contributed by atoms with E-state index in [0.717, 1.165) is 24.0 Å². The molecule has 0 saturated carbocycles. The van der Waals surface area contributed by atoms with Crippen LogP contribution < -0.4 is 5.32 Å². The summed E-state index contributed by atoms with van der Waals surface area (Å²) in [6, 6.07) is 2.03. The first-order valence-electron chi connectivity index (χ1n) is 10.3. The van der Waals surface area contributed by atoms with Gasteiger partial charge in [0.25, 0.3) is 0 Å². The molecule has 0 aromatic carbocycles. The molecule has 30 heavy (non-hydrogen) atoms. The molecule has 162 valence electrons. The molecule has 0 radical (unpaired) electrons. The van der Waals surface area contributed by atoms with Crippen LogP contribution in [0.3, 0.4) is 0 Å². The van der Waals surface area contributed by atoms with Crippen molar-refractivity contribution in [2.75, 3.05) is 11.9 Å². The van der Waals surface area contributed by atoms with Crippen LogP contribution in [0.1, 0.15) is 34.1 Å². The molecular formula is C21H30N6O3. The fraction of sp³-hybridized carbons (Fsp3) is 0.524. The predicted molar refractivity (Wildman–Crippen MR) is 114 cm³/mol. The number of aliphatic hydroxyl groups is 1. The molecule has 0 fully saturated rings. The zero-order chi connectivity index (χ0) is 21.7. The highest BCUT2D eigenvalue weighted by Crippen LogP contribution is 2.22. The first-order valence-corrected chi connectivity index (χ1v) is 10.3. The predicted octanol–water partition coefficient (Wildman–Crippen LogP) is 2.98. The highest BCUT2D eigenvalue weighted by atomic mass is 16.6. The van der Waals surface area contributed by atoms with Gasteiger partial charge in [-0.2, -0.15) is 10.1 Å². The second-order valence-electron chi connectivity index (χ2n) is 7.89. The molecule has 2 N–H and O–H groups in total. The van der Waals surface area contributed by atoms with Crippen molar-refractivity contribution in [3.8, 4) is 0 Å². The lowest BCUT2D eigenvalue weighted by molar-refractivity contribution is -0.150. The Labute approximate surface area is 176 Å². The Morgan fingerprint density at radius 1 is 1.30 bits per heavy atom. The van der Waals surface area contributed by atoms with Crippen molar-refractivity contribution in [1.29, 1.82) is 0 Å². The largest absolute Gasteiger partial charge is 0.459 e. The number of ether oxygens (including phenoxy) is 1. The standard InChI is InChI=1S/C21H30N6O3/c1-5-16(14(2)3)10-26-7-6-17-8-22-21(25-20(17)26)24-18-9-23-27(11-18)12-19(29)30-15(4)13-28/h6-9,11,14-16,28H,5,10,12-13H2,1-4H3,(H,22,24,25)/t15-,16?/m1/s1. The Bertz CT molecular complexity index is 980. The van der Waals surface area contributed by atoms with Crippen LogP contribution in [0.25, 0.3) is 11.0 Å². The van der Waals surface area contributed by atoms with E-state index in [1.807, 2.05) is 6.07 Å². The van der Waals surface area contributed by atoms with E-state index in [9.17, 15) is 4.79 Å². The summed E-state index contributed by atoms with van der Waals surface area (Å²) in [5, 5.41) is 17.2. The lowest BCUT2D eigenvalue weighted by atomic mass is 9.93. The van der Waals surface area contributed by atoms with Gasteiger partial charge in [-0.05, 0) is 24.8 Å². The van der Waals surface area contributed by atoms with Gasteiger partial charge in [0.2, 0.25) is 5.95 Å². The van der Waals surface area contributed by atoms with E-state index in [-0.39, 0.29) is 13.2 Å². The van der Waals surface area contributed by atoms with Crippen molar-refractivity contribution in [2.45, 2.75) is 53.3 Å². The summed E-state index contributed by atoms with van der Waals surface area (Å²) in [6.07, 6.45) is 7.72. The van der Waals surface area contributed by atoms with Gasteiger partial charge in [-0.25, -0.2) is 4.98 Å². The topological polar surface area (TPSA) is 107 Å². The first-order chi connectivity index (χ1) is 14.4. The number of anilines is 2. The molecule has 1 unspecified atom stereocenters. The molecule has 3 aromatic rings. The maximum Gasteiger partial charge on any atom is 0.328 e. The van der Waals surface area contributed by atoms with E-state index in [2.05, 4.69) is 51.9 Å². The summed E-state index contributed by atoms with van der Waals surface area (Å²) in [4.78, 5) is 20.9. The van der Waals surface area contributed by atoms with Gasteiger partial charge < -0.3 is 19.7 Å². The molecule has 0 aliphatic rings. The monoisotopic (exact) mass is 414 g/mol. The minimum Gasteiger partial charge on any atom is -0.459 e. The molecule has 3 aromatic heterocycles. The molecule has 0 spiro atoms. The smallest absolute Gasteiger partial charge is 0.328 e. The number of rotatable bonds is 10. The normalized spacial score (nSPS) is 13.5. The Morgan fingerprint density at radius 3 is 2.80 bits per heavy atom. The van der Waals surface area contributed by atoms with E-state index in [1.54, 1.807) is 25.5 Å². The summed E-state index contributed by atoms with van der Waals surface area (Å²) in [5.74, 6) is 1.19. The van der Waals surface area contributed by atoms with Crippen molar-refractivity contribution in [2.24, 2.45) is 11.8 Å². The van der Waals surface area contributed by atoms with Gasteiger partial charge in [0.15, 0.2) is 0 Å². The highest BCUT2D eigenvalue weighted by Gasteiger charge is 2.15. The van der Waals surface area contributed by atoms with Crippen molar-refractivity contribution in [1.82, 2.24) is 24.3 Å². The number of carbonyl (C=O) groups excluding carboxylic acids is 1. The van der Waals surface area contributed by atoms with Crippen LogP contribution in [0.15, 0.2) is 30.9 Å². The molecule has 0 saturated heterocycles. The molecule has 3 heterocycles. The van der Waals surface area contributed by atoms with Crippen molar-refractivity contribution in [3.63, 3.8) is 0 Å². The molecule has 0 bridgehead atoms. The summed E-state index contributed by atoms with van der Waals surface area (Å²) >= 11 is 0. The quantitative estimate of drug-likeness (QED) is 0.491. The third-order valence-corrected chi connectivity index (χ3v) is 5.17. The van der Waals surface area contributed by atoms with Gasteiger partial charge >= 0.3 is 5.97 Å². The van der Waals surface area contributed by atoms with Crippen molar-refractivity contribution in [3.05, 3.63) is 30.9 Å². The van der Waals surface area contributed by atoms with Gasteiger partial charge in [0, 0.05) is 30.5 Å². The maximum absolute atomic E-state index is 11.8. The van der Waals surface area contributed by atoms with Gasteiger partial charge in [0.1, 0.15) is 18.3 Å². The Hall–Kier alpha value is -2.94. The van der Waals surface area contributed by atoms with Crippen LogP contribution in [0.2, 0.25) is 0 Å². The highest BCUT2D eigenvalue weighted by molar-refractivity contribution is 5.76. The van der Waals surface area contributed by atoms with E-state index in [1.165, 1.54) is 4.68 Å². The van der Waals surface area contributed by atoms with E-state index < -0.39 is 12.1 Å². The average Bonchev–Trinajstić information content (AvgIpc) is 3.32. The fourth-order valence-electron chi connectivity index (χ4n) is 3.32. The van der Waals surface area contributed by atoms with E-state index in [0.29, 0.717) is 23.5 Å². The number of aliphatic hydroxyl groups excluding tert-OH is 1. The number of carbonyl (C=O) groups is 1. The van der Waals surface area contributed by atoms with Crippen molar-refractivity contribution < 1.29 is 14.6 Å². The second-order valence-corrected chi connectivity index (χ2v) is 7.89. The lowest BCUT2D eigenvalue weighted by Crippen LogP contribution is -2.22. The average molecular weight is 415 g/mol. The summed E-state index contributed by atoms with van der Waals surface area (Å²) in [5.41, 5.74) is 1.56. The van der Waals surface area contributed by atoms with E-state index >= 15 is 0 Å². The zero-order valence-electron chi connectivity index (χ0n) is 17.9. The van der Waals surface area contributed by atoms with Crippen molar-refractivity contribution >= 4 is 28.6 Å². The van der Waals surface area contributed by atoms with Gasteiger partial charge in [-0.1, -0.05) is 27.2 Å². The molecule has 0 aliphatic heterocycles. The number of nitrogens with one attached hydrogen (secondary N) is 1. The third-order valence-electron chi connectivity index (χ3n) is 5.17.